The number of methoxy groups -OCH3 is 2. The van der Waals surface area contributed by atoms with E-state index in [4.69, 9.17) is 9.47 Å². The molecule has 6 aromatic rings. The van der Waals surface area contributed by atoms with E-state index in [-0.39, 0.29) is 80.9 Å². The number of nitrogens with one attached hydrogen (secondary N) is 4. The number of carbonyl (C=O) groups is 2. The van der Waals surface area contributed by atoms with Crippen molar-refractivity contribution in [1.29, 1.82) is 0 Å². The Bertz CT molecular complexity index is 3010. The van der Waals surface area contributed by atoms with Crippen LogP contribution in [-0.2, 0) is 33.1 Å². The number of amides is 2. The first-order valence-electron chi connectivity index (χ1n) is 22.6. The number of piperidine rings is 2. The van der Waals surface area contributed by atoms with Gasteiger partial charge in [0.15, 0.2) is 0 Å². The molecule has 0 saturated carbocycles. The molecular formula is C49H53F3N6O9S5. The summed E-state index contributed by atoms with van der Waals surface area (Å²) < 4.78 is 104. The summed E-state index contributed by atoms with van der Waals surface area (Å²) in [6, 6.07) is 33.2. The second kappa shape index (κ2) is 24.3. The van der Waals surface area contributed by atoms with Crippen molar-refractivity contribution in [3.63, 3.8) is 0 Å². The second-order valence-corrected chi connectivity index (χ2v) is 24.3. The molecule has 2 aromatic heterocycles. The molecule has 0 bridgehead atoms. The van der Waals surface area contributed by atoms with Crippen LogP contribution in [0, 0.1) is 0 Å². The lowest BCUT2D eigenvalue weighted by atomic mass is 10.1. The number of carbonyl (C=O) groups excluding carboxylic acids is 2. The molecule has 2 aliphatic heterocycles. The van der Waals surface area contributed by atoms with Crippen LogP contribution in [0.1, 0.15) is 56.2 Å². The first kappa shape index (κ1) is 54.0. The number of halogens is 3. The van der Waals surface area contributed by atoms with Gasteiger partial charge >= 0.3 is 5.51 Å². The zero-order valence-electron chi connectivity index (χ0n) is 39.1. The third-order valence-corrected chi connectivity index (χ3v) is 19.2. The van der Waals surface area contributed by atoms with Gasteiger partial charge in [-0.05, 0) is 141 Å². The highest BCUT2D eigenvalue weighted by Crippen LogP contribution is 2.38. The zero-order chi connectivity index (χ0) is 51.5. The van der Waals surface area contributed by atoms with Crippen LogP contribution in [0.2, 0.25) is 0 Å². The number of sulfonamides is 2. The second-order valence-electron chi connectivity index (χ2n) is 16.5. The molecule has 5 N–H and O–H groups in total. The average molecular weight is 1090 g/mol. The summed E-state index contributed by atoms with van der Waals surface area (Å²) in [5.41, 5.74) is -1.97. The highest BCUT2D eigenvalue weighted by atomic mass is 32.3. The van der Waals surface area contributed by atoms with Crippen LogP contribution in [0.4, 0.5) is 24.5 Å². The number of anilines is 2. The van der Waals surface area contributed by atoms with Crippen molar-refractivity contribution in [2.45, 2.75) is 69.7 Å². The predicted octanol–water partition coefficient (Wildman–Crippen LogP) is 9.22. The van der Waals surface area contributed by atoms with Crippen molar-refractivity contribution in [2.24, 2.45) is 0 Å². The number of ether oxygens (including phenoxy) is 2. The van der Waals surface area contributed by atoms with Gasteiger partial charge in [0.2, 0.25) is 0 Å². The molecule has 2 saturated heterocycles. The van der Waals surface area contributed by atoms with Gasteiger partial charge < -0.3 is 35.8 Å². The fourth-order valence-corrected chi connectivity index (χ4v) is 14.2. The van der Waals surface area contributed by atoms with Crippen LogP contribution in [0.3, 0.4) is 0 Å². The highest BCUT2D eigenvalue weighted by molar-refractivity contribution is 8.00. The number of benzene rings is 4. The number of thioether (sulfide) groups is 1. The molecule has 0 unspecified atom stereocenters. The number of alkyl halides is 3. The zero-order valence-corrected chi connectivity index (χ0v) is 43.1. The largest absolute Gasteiger partial charge is 0.508 e. The normalized spacial score (nSPS) is 15.2. The summed E-state index contributed by atoms with van der Waals surface area (Å²) >= 11 is 2.11. The van der Waals surface area contributed by atoms with E-state index in [1.165, 1.54) is 39.2 Å². The summed E-state index contributed by atoms with van der Waals surface area (Å²) in [5.74, 6) is 0.828. The number of thiophene rings is 2. The Kier molecular flexibility index (Phi) is 18.2. The van der Waals surface area contributed by atoms with Gasteiger partial charge in [0.1, 0.15) is 25.7 Å². The number of hydrogen-bond donors (Lipinski definition) is 5. The van der Waals surface area contributed by atoms with Gasteiger partial charge in [-0.15, -0.1) is 22.7 Å². The fourth-order valence-electron chi connectivity index (χ4n) is 7.80. The van der Waals surface area contributed by atoms with Gasteiger partial charge in [0.05, 0.1) is 27.3 Å². The molecule has 23 heteroatoms. The van der Waals surface area contributed by atoms with E-state index >= 15 is 0 Å². The molecule has 72 heavy (non-hydrogen) atoms. The minimum Gasteiger partial charge on any atom is -0.508 e. The minimum atomic E-state index is -4.36. The molecule has 8 rings (SSSR count). The predicted molar refractivity (Wildman–Crippen MR) is 274 cm³/mol. The van der Waals surface area contributed by atoms with Gasteiger partial charge in [-0.25, -0.2) is 16.8 Å². The number of phenols is 1. The van der Waals surface area contributed by atoms with Gasteiger partial charge in [0.25, 0.3) is 31.9 Å². The molecule has 2 aliphatic rings. The standard InChI is InChI=1S/C25H26F3N3O4S3.C24H27N3O5S2/c1-35-20-6-2-4-17(14-20)24(32)29-16-22-8-9-23(36-22)38(33,34)31-12-10-18(11-13-31)30-19-5-3-7-21(15-19)37-25(26,27)28;1-32-21-4-2-3-17(15-21)24(29)25-16-22-9-10-23(33-22)34(30,31)27-13-11-19(12-14-27)26-18-5-7-20(28)8-6-18/h2-9,14-15,18,30H,10-13,16H2,1H3,(H,29,32);2-10,15,19,26,28H,11-14,16H2,1H3,(H,25,29). The summed E-state index contributed by atoms with van der Waals surface area (Å²) in [5, 5.41) is 21.6. The molecule has 0 aliphatic carbocycles. The third kappa shape index (κ3) is 14.9. The number of hydrogen-bond acceptors (Lipinski definition) is 14. The number of phenolic OH excluding ortho intramolecular Hbond substituents is 1. The third-order valence-electron chi connectivity index (χ3n) is 11.6. The number of aromatic hydroxyl groups is 1. The Hall–Kier alpha value is -5.82. The molecule has 0 atom stereocenters. The Morgan fingerprint density at radius 2 is 1.07 bits per heavy atom. The first-order valence-corrected chi connectivity index (χ1v) is 27.9. The van der Waals surface area contributed by atoms with E-state index in [0.717, 1.165) is 21.9 Å². The Morgan fingerprint density at radius 3 is 1.51 bits per heavy atom. The van der Waals surface area contributed by atoms with Gasteiger partial charge in [0, 0.05) is 75.4 Å². The van der Waals surface area contributed by atoms with Crippen molar-refractivity contribution in [3.05, 3.63) is 142 Å². The van der Waals surface area contributed by atoms with E-state index in [9.17, 15) is 44.7 Å². The fraction of sp³-hybridized carbons (Fsp3) is 0.306. The Morgan fingerprint density at radius 1 is 0.625 bits per heavy atom. The molecule has 2 amide bonds. The van der Waals surface area contributed by atoms with Crippen LogP contribution in [0.15, 0.2) is 135 Å². The van der Waals surface area contributed by atoms with Gasteiger partial charge in [-0.2, -0.15) is 21.8 Å². The molecule has 4 aromatic carbocycles. The lowest BCUT2D eigenvalue weighted by Gasteiger charge is -2.31. The van der Waals surface area contributed by atoms with Crippen LogP contribution < -0.4 is 30.7 Å². The van der Waals surface area contributed by atoms with E-state index in [1.54, 1.807) is 116 Å². The van der Waals surface area contributed by atoms with E-state index in [2.05, 4.69) is 21.3 Å². The maximum Gasteiger partial charge on any atom is 0.446 e. The first-order chi connectivity index (χ1) is 34.4. The molecule has 384 valence electrons. The van der Waals surface area contributed by atoms with Crippen LogP contribution in [0.25, 0.3) is 0 Å². The van der Waals surface area contributed by atoms with Crippen LogP contribution >= 0.6 is 34.4 Å². The van der Waals surface area contributed by atoms with Crippen molar-refractivity contribution in [2.75, 3.05) is 51.0 Å². The maximum atomic E-state index is 13.2. The van der Waals surface area contributed by atoms with E-state index in [1.807, 2.05) is 0 Å². The average Bonchev–Trinajstić information content (AvgIpc) is 4.08. The summed E-state index contributed by atoms with van der Waals surface area (Å²) in [4.78, 5) is 26.4. The number of nitrogens with zero attached hydrogens (tertiary/aromatic N) is 2. The molecule has 15 nitrogen and oxygen atoms in total. The Labute approximate surface area is 428 Å². The van der Waals surface area contributed by atoms with Crippen LogP contribution in [-0.4, -0.2) is 100 Å². The lowest BCUT2D eigenvalue weighted by molar-refractivity contribution is -0.0328. The number of rotatable bonds is 17. The summed E-state index contributed by atoms with van der Waals surface area (Å²) in [7, 11) is -4.22. The van der Waals surface area contributed by atoms with E-state index in [0.29, 0.717) is 72.0 Å². The SMILES string of the molecule is COc1cccc(C(=O)NCc2ccc(S(=O)(=O)N3CCC(Nc4ccc(O)cc4)CC3)s2)c1.COc1cccc(C(=O)NCc2ccc(S(=O)(=O)N3CCC(Nc4cccc(SC(F)(F)F)c4)CC3)s2)c1. The smallest absolute Gasteiger partial charge is 0.446 e. The molecule has 4 heterocycles. The highest BCUT2D eigenvalue weighted by Gasteiger charge is 2.33. The maximum absolute atomic E-state index is 13.2. The van der Waals surface area contributed by atoms with Crippen molar-refractivity contribution in [3.8, 4) is 17.2 Å². The van der Waals surface area contributed by atoms with Crippen molar-refractivity contribution < 1.29 is 54.2 Å². The quantitative estimate of drug-likeness (QED) is 0.0430. The molecular weight excluding hydrogens is 1030 g/mol. The minimum absolute atomic E-state index is 0.0571. The van der Waals surface area contributed by atoms with Crippen molar-refractivity contribution >= 4 is 77.7 Å². The Balaban J connectivity index is 0.000000213. The summed E-state index contributed by atoms with van der Waals surface area (Å²) in [6.45, 7) is 1.87. The molecule has 2 fully saturated rings. The molecule has 0 radical (unpaired) electrons. The molecule has 0 spiro atoms. The lowest BCUT2D eigenvalue weighted by Crippen LogP contribution is -2.42. The van der Waals surface area contributed by atoms with Gasteiger partial charge in [-0.3, -0.25) is 9.59 Å². The van der Waals surface area contributed by atoms with Crippen molar-refractivity contribution in [1.82, 2.24) is 19.2 Å². The topological polar surface area (TPSA) is 196 Å². The summed E-state index contributed by atoms with van der Waals surface area (Å²) in [6.07, 6.45) is 2.42. The monoisotopic (exact) mass is 1090 g/mol. The van der Waals surface area contributed by atoms with Crippen LogP contribution in [0.5, 0.6) is 17.2 Å². The van der Waals surface area contributed by atoms with Gasteiger partial charge in [-0.1, -0.05) is 18.2 Å². The van der Waals surface area contributed by atoms with E-state index < -0.39 is 25.6 Å².